The van der Waals surface area contributed by atoms with E-state index in [4.69, 9.17) is 0 Å². The SMILES string of the molecule is Cc1cc(C)c2cc(N=Nc3cc(O)c(N=Nc4c(C)cc5cc(N=Nc6ccc(O)cc6O)ccc5c4O)cc3C)ccc2c1. The third-order valence-electron chi connectivity index (χ3n) is 7.61. The minimum atomic E-state index is -0.195. The Kier molecular flexibility index (Phi) is 7.85. The number of phenolic OH excluding ortho intramolecular Hbond substituents is 4. The van der Waals surface area contributed by atoms with Gasteiger partial charge < -0.3 is 20.4 Å². The monoisotopic (exact) mass is 610 g/mol. The zero-order chi connectivity index (χ0) is 32.5. The number of phenols is 4. The molecule has 0 heterocycles. The van der Waals surface area contributed by atoms with Crippen molar-refractivity contribution in [3.8, 4) is 23.0 Å². The lowest BCUT2D eigenvalue weighted by Gasteiger charge is -2.09. The molecule has 0 atom stereocenters. The van der Waals surface area contributed by atoms with E-state index in [1.165, 1.54) is 35.4 Å². The Bertz CT molecular complexity index is 2260. The standard InChI is InChI=1S/C36H30N6O4/c1-19-11-20(2)29-16-26(6-5-23(29)12-19)38-40-31-18-34(45)32(14-21(31)3)41-42-35-22(4)13-24-15-25(7-9-28(24)36(35)46)37-39-30-10-8-27(43)17-33(30)44/h5-18,43-46H,1-4H3. The first-order chi connectivity index (χ1) is 22.0. The van der Waals surface area contributed by atoms with E-state index in [0.29, 0.717) is 33.4 Å². The number of hydrogen-bond acceptors (Lipinski definition) is 10. The predicted molar refractivity (Wildman–Crippen MR) is 179 cm³/mol. The molecule has 0 unspecified atom stereocenters. The number of hydrogen-bond donors (Lipinski definition) is 4. The van der Waals surface area contributed by atoms with Crippen molar-refractivity contribution in [3.05, 3.63) is 107 Å². The fourth-order valence-corrected chi connectivity index (χ4v) is 5.25. The molecule has 0 aliphatic carbocycles. The molecule has 10 heteroatoms. The van der Waals surface area contributed by atoms with Gasteiger partial charge in [0, 0.05) is 17.5 Å². The Morgan fingerprint density at radius 3 is 1.91 bits per heavy atom. The van der Waals surface area contributed by atoms with Crippen molar-refractivity contribution in [2.45, 2.75) is 27.7 Å². The Morgan fingerprint density at radius 2 is 1.13 bits per heavy atom. The van der Waals surface area contributed by atoms with E-state index in [2.05, 4.69) is 56.7 Å². The van der Waals surface area contributed by atoms with E-state index in [9.17, 15) is 20.4 Å². The van der Waals surface area contributed by atoms with Crippen LogP contribution in [0.15, 0.2) is 116 Å². The Hall–Kier alpha value is -6.16. The normalized spacial score (nSPS) is 12.0. The van der Waals surface area contributed by atoms with Crippen LogP contribution in [0.5, 0.6) is 23.0 Å². The molecule has 0 fully saturated rings. The molecular weight excluding hydrogens is 580 g/mol. The summed E-state index contributed by atoms with van der Waals surface area (Å²) in [6, 6.07) is 24.3. The van der Waals surface area contributed by atoms with Crippen LogP contribution in [0.2, 0.25) is 0 Å². The Morgan fingerprint density at radius 1 is 0.435 bits per heavy atom. The van der Waals surface area contributed by atoms with Crippen molar-refractivity contribution in [3.63, 3.8) is 0 Å². The molecule has 46 heavy (non-hydrogen) atoms. The number of fused-ring (bicyclic) bond motifs is 2. The molecule has 6 rings (SSSR count). The van der Waals surface area contributed by atoms with E-state index in [1.54, 1.807) is 31.2 Å². The van der Waals surface area contributed by atoms with Crippen LogP contribution in [0.3, 0.4) is 0 Å². The summed E-state index contributed by atoms with van der Waals surface area (Å²) in [5.74, 6) is -0.464. The molecule has 228 valence electrons. The largest absolute Gasteiger partial charge is 0.508 e. The fraction of sp³-hybridized carbons (Fsp3) is 0.111. The summed E-state index contributed by atoms with van der Waals surface area (Å²) >= 11 is 0. The highest BCUT2D eigenvalue weighted by Crippen LogP contribution is 2.42. The van der Waals surface area contributed by atoms with Crippen LogP contribution >= 0.6 is 0 Å². The number of aryl methyl sites for hydroxylation is 4. The van der Waals surface area contributed by atoms with Gasteiger partial charge in [-0.05, 0) is 115 Å². The van der Waals surface area contributed by atoms with Gasteiger partial charge in [-0.2, -0.15) is 15.3 Å². The second kappa shape index (κ2) is 12.1. The summed E-state index contributed by atoms with van der Waals surface area (Å²) < 4.78 is 0. The third-order valence-corrected chi connectivity index (χ3v) is 7.61. The van der Waals surface area contributed by atoms with E-state index >= 15 is 0 Å². The Labute approximate surface area is 264 Å². The maximum Gasteiger partial charge on any atom is 0.151 e. The maximum atomic E-state index is 11.1. The number of benzene rings is 6. The molecular formula is C36H30N6O4. The summed E-state index contributed by atoms with van der Waals surface area (Å²) in [6.07, 6.45) is 0. The van der Waals surface area contributed by atoms with Crippen molar-refractivity contribution in [2.75, 3.05) is 0 Å². The minimum absolute atomic E-state index is 0.0687. The second-order valence-corrected chi connectivity index (χ2v) is 11.2. The summed E-state index contributed by atoms with van der Waals surface area (Å²) in [4.78, 5) is 0. The molecule has 0 aromatic heterocycles. The molecule has 0 bridgehead atoms. The van der Waals surface area contributed by atoms with E-state index in [0.717, 1.165) is 16.3 Å². The van der Waals surface area contributed by atoms with Crippen LogP contribution in [0.25, 0.3) is 21.5 Å². The lowest BCUT2D eigenvalue weighted by atomic mass is 10.0. The molecule has 4 N–H and O–H groups in total. The minimum Gasteiger partial charge on any atom is -0.508 e. The van der Waals surface area contributed by atoms with Gasteiger partial charge in [0.25, 0.3) is 0 Å². The van der Waals surface area contributed by atoms with Crippen LogP contribution in [0.4, 0.5) is 34.1 Å². The van der Waals surface area contributed by atoms with Crippen molar-refractivity contribution < 1.29 is 20.4 Å². The highest BCUT2D eigenvalue weighted by atomic mass is 16.3. The Balaban J connectivity index is 1.23. The number of nitrogens with zero attached hydrogens (tertiary/aromatic N) is 6. The van der Waals surface area contributed by atoms with Crippen LogP contribution in [-0.4, -0.2) is 20.4 Å². The van der Waals surface area contributed by atoms with Gasteiger partial charge in [0.15, 0.2) is 5.75 Å². The summed E-state index contributed by atoms with van der Waals surface area (Å²) in [5, 5.41) is 70.2. The topological polar surface area (TPSA) is 155 Å². The van der Waals surface area contributed by atoms with Crippen molar-refractivity contribution >= 4 is 55.7 Å². The van der Waals surface area contributed by atoms with E-state index in [1.807, 2.05) is 31.2 Å². The first-order valence-corrected chi connectivity index (χ1v) is 14.4. The highest BCUT2D eigenvalue weighted by Gasteiger charge is 2.13. The van der Waals surface area contributed by atoms with Crippen molar-refractivity contribution in [2.24, 2.45) is 30.7 Å². The first kappa shape index (κ1) is 29.9. The zero-order valence-electron chi connectivity index (χ0n) is 25.6. The van der Waals surface area contributed by atoms with Crippen LogP contribution in [-0.2, 0) is 0 Å². The average molecular weight is 611 g/mol. The molecule has 6 aromatic rings. The van der Waals surface area contributed by atoms with E-state index < -0.39 is 0 Å². The van der Waals surface area contributed by atoms with Crippen molar-refractivity contribution in [1.82, 2.24) is 0 Å². The molecule has 10 nitrogen and oxygen atoms in total. The lowest BCUT2D eigenvalue weighted by molar-refractivity contribution is 0.451. The molecule has 0 radical (unpaired) electrons. The molecule has 0 aliphatic heterocycles. The molecule has 0 saturated heterocycles. The average Bonchev–Trinajstić information content (AvgIpc) is 3.01. The smallest absolute Gasteiger partial charge is 0.151 e. The summed E-state index contributed by atoms with van der Waals surface area (Å²) in [6.45, 7) is 7.78. The molecule has 0 amide bonds. The fourth-order valence-electron chi connectivity index (χ4n) is 5.25. The van der Waals surface area contributed by atoms with Crippen molar-refractivity contribution in [1.29, 1.82) is 0 Å². The summed E-state index contributed by atoms with van der Waals surface area (Å²) in [5.41, 5.74) is 6.16. The molecule has 0 saturated carbocycles. The number of aromatic hydroxyl groups is 4. The first-order valence-electron chi connectivity index (χ1n) is 14.4. The van der Waals surface area contributed by atoms with Crippen LogP contribution in [0, 0.1) is 27.7 Å². The van der Waals surface area contributed by atoms with E-state index in [-0.39, 0.29) is 40.1 Å². The predicted octanol–water partition coefficient (Wildman–Crippen LogP) is 11.3. The van der Waals surface area contributed by atoms with Gasteiger partial charge in [0.2, 0.25) is 0 Å². The van der Waals surface area contributed by atoms with Gasteiger partial charge in [-0.1, -0.05) is 23.8 Å². The van der Waals surface area contributed by atoms with Crippen LogP contribution in [0.1, 0.15) is 22.3 Å². The second-order valence-electron chi connectivity index (χ2n) is 11.2. The van der Waals surface area contributed by atoms with Gasteiger partial charge in [-0.15, -0.1) is 15.3 Å². The molecule has 0 aliphatic rings. The number of rotatable bonds is 6. The third kappa shape index (κ3) is 6.09. The maximum absolute atomic E-state index is 11.1. The summed E-state index contributed by atoms with van der Waals surface area (Å²) in [7, 11) is 0. The van der Waals surface area contributed by atoms with Gasteiger partial charge in [-0.25, -0.2) is 0 Å². The van der Waals surface area contributed by atoms with Gasteiger partial charge >= 0.3 is 0 Å². The van der Waals surface area contributed by atoms with Crippen LogP contribution < -0.4 is 0 Å². The lowest BCUT2D eigenvalue weighted by Crippen LogP contribution is -1.81. The highest BCUT2D eigenvalue weighted by molar-refractivity contribution is 5.95. The zero-order valence-corrected chi connectivity index (χ0v) is 25.6. The molecule has 0 spiro atoms. The van der Waals surface area contributed by atoms with Gasteiger partial charge in [-0.3, -0.25) is 0 Å². The van der Waals surface area contributed by atoms with Gasteiger partial charge in [0.1, 0.15) is 34.3 Å². The number of azo groups is 3. The molecule has 6 aromatic carbocycles. The quantitative estimate of drug-likeness (QED) is 0.138. The van der Waals surface area contributed by atoms with Gasteiger partial charge in [0.05, 0.1) is 17.1 Å².